The lowest BCUT2D eigenvalue weighted by Gasteiger charge is -2.24. The molecule has 2 N–H and O–H groups in total. The summed E-state index contributed by atoms with van der Waals surface area (Å²) in [5, 5.41) is 11.6. The van der Waals surface area contributed by atoms with Gasteiger partial charge >= 0.3 is 5.97 Å². The highest BCUT2D eigenvalue weighted by Crippen LogP contribution is 2.37. The van der Waals surface area contributed by atoms with Crippen LogP contribution in [0.1, 0.15) is 49.6 Å². The maximum atomic E-state index is 12.3. The topological polar surface area (TPSA) is 71.3 Å². The van der Waals surface area contributed by atoms with E-state index in [0.29, 0.717) is 11.7 Å². The molecule has 0 aromatic carbocycles. The normalized spacial score (nSPS) is 15.3. The average Bonchev–Trinajstić information content (AvgIpc) is 2.99. The minimum atomic E-state index is -0.927. The van der Waals surface area contributed by atoms with Gasteiger partial charge in [0.15, 0.2) is 0 Å². The van der Waals surface area contributed by atoms with Crippen molar-refractivity contribution < 1.29 is 14.7 Å². The van der Waals surface area contributed by atoms with Crippen molar-refractivity contribution in [2.24, 2.45) is 0 Å². The third-order valence-corrected chi connectivity index (χ3v) is 3.47. The first-order valence-corrected chi connectivity index (χ1v) is 6.99. The number of hydrogen-bond acceptors (Lipinski definition) is 2. The number of rotatable bonds is 5. The molecular weight excluding hydrogens is 312 g/mol. The lowest BCUT2D eigenvalue weighted by molar-refractivity contribution is -0.138. The van der Waals surface area contributed by atoms with E-state index in [-0.39, 0.29) is 12.3 Å². The van der Waals surface area contributed by atoms with Crippen molar-refractivity contribution in [1.82, 2.24) is 9.88 Å². The molecule has 0 radical (unpaired) electrons. The average molecular weight is 329 g/mol. The van der Waals surface area contributed by atoms with Gasteiger partial charge in [-0.25, -0.2) is 0 Å². The van der Waals surface area contributed by atoms with Crippen molar-refractivity contribution in [3.8, 4) is 0 Å². The number of nitrogens with one attached hydrogen (secondary N) is 1. The van der Waals surface area contributed by atoms with Crippen LogP contribution in [0.25, 0.3) is 0 Å². The van der Waals surface area contributed by atoms with Gasteiger partial charge in [-0.05, 0) is 48.7 Å². The van der Waals surface area contributed by atoms with Crippen LogP contribution in [0.3, 0.4) is 0 Å². The first-order chi connectivity index (χ1) is 8.78. The SMILES string of the molecule is CC(C)(CC(=O)O)NC(=O)c1cc(Br)cn1C1CC1. The van der Waals surface area contributed by atoms with E-state index in [2.05, 4.69) is 21.2 Å². The summed E-state index contributed by atoms with van der Waals surface area (Å²) in [6.45, 7) is 3.41. The van der Waals surface area contributed by atoms with E-state index < -0.39 is 11.5 Å². The first kappa shape index (κ1) is 14.1. The zero-order valence-electron chi connectivity index (χ0n) is 10.9. The van der Waals surface area contributed by atoms with E-state index in [0.717, 1.165) is 17.3 Å². The number of nitrogens with zero attached hydrogens (tertiary/aromatic N) is 1. The summed E-state index contributed by atoms with van der Waals surface area (Å²) in [7, 11) is 0. The number of carboxylic acids is 1. The largest absolute Gasteiger partial charge is 0.481 e. The monoisotopic (exact) mass is 328 g/mol. The van der Waals surface area contributed by atoms with Gasteiger partial charge in [0.2, 0.25) is 0 Å². The predicted octanol–water partition coefficient (Wildman–Crippen LogP) is 2.57. The number of amides is 1. The van der Waals surface area contributed by atoms with Gasteiger partial charge < -0.3 is 15.0 Å². The van der Waals surface area contributed by atoms with Crippen LogP contribution in [-0.2, 0) is 4.79 Å². The number of aliphatic carboxylic acids is 1. The third kappa shape index (κ3) is 3.59. The van der Waals surface area contributed by atoms with Crippen molar-refractivity contribution >= 4 is 27.8 Å². The molecular formula is C13H17BrN2O3. The second-order valence-corrected chi connectivity index (χ2v) is 6.51. The Bertz CT molecular complexity index is 518. The Morgan fingerprint density at radius 1 is 1.53 bits per heavy atom. The summed E-state index contributed by atoms with van der Waals surface area (Å²) >= 11 is 3.37. The first-order valence-electron chi connectivity index (χ1n) is 6.20. The minimum absolute atomic E-state index is 0.107. The molecule has 104 valence electrons. The number of carboxylic acid groups (broad SMARTS) is 1. The summed E-state index contributed by atoms with van der Waals surface area (Å²) in [5.41, 5.74) is -0.193. The van der Waals surface area contributed by atoms with Gasteiger partial charge in [0.1, 0.15) is 5.69 Å². The van der Waals surface area contributed by atoms with Crippen LogP contribution in [0.4, 0.5) is 0 Å². The Labute approximate surface area is 120 Å². The smallest absolute Gasteiger partial charge is 0.305 e. The van der Waals surface area contributed by atoms with Crippen LogP contribution < -0.4 is 5.32 Å². The van der Waals surface area contributed by atoms with E-state index in [1.54, 1.807) is 19.9 Å². The highest BCUT2D eigenvalue weighted by molar-refractivity contribution is 9.10. The molecule has 1 aromatic rings. The fourth-order valence-corrected chi connectivity index (χ4v) is 2.51. The van der Waals surface area contributed by atoms with E-state index >= 15 is 0 Å². The van der Waals surface area contributed by atoms with Gasteiger partial charge in [-0.2, -0.15) is 0 Å². The van der Waals surface area contributed by atoms with E-state index in [9.17, 15) is 9.59 Å². The molecule has 1 amide bonds. The fraction of sp³-hybridized carbons (Fsp3) is 0.538. The molecule has 0 spiro atoms. The summed E-state index contributed by atoms with van der Waals surface area (Å²) in [6.07, 6.45) is 3.96. The molecule has 6 heteroatoms. The summed E-state index contributed by atoms with van der Waals surface area (Å²) in [5.74, 6) is -1.16. The van der Waals surface area contributed by atoms with Crippen molar-refractivity contribution in [1.29, 1.82) is 0 Å². The van der Waals surface area contributed by atoms with Crippen LogP contribution in [0.2, 0.25) is 0 Å². The van der Waals surface area contributed by atoms with Gasteiger partial charge in [-0.1, -0.05) is 0 Å². The summed E-state index contributed by atoms with van der Waals surface area (Å²) < 4.78 is 2.82. The van der Waals surface area contributed by atoms with Crippen molar-refractivity contribution in [2.45, 2.75) is 44.7 Å². The quantitative estimate of drug-likeness (QED) is 0.872. The lowest BCUT2D eigenvalue weighted by Crippen LogP contribution is -2.45. The molecule has 0 aliphatic heterocycles. The molecule has 1 heterocycles. The zero-order chi connectivity index (χ0) is 14.2. The molecule has 1 saturated carbocycles. The zero-order valence-corrected chi connectivity index (χ0v) is 12.5. The van der Waals surface area contributed by atoms with Gasteiger partial charge in [0.25, 0.3) is 5.91 Å². The van der Waals surface area contributed by atoms with Crippen molar-refractivity contribution in [2.75, 3.05) is 0 Å². The molecule has 1 aromatic heterocycles. The number of halogens is 1. The molecule has 1 fully saturated rings. The lowest BCUT2D eigenvalue weighted by atomic mass is 10.0. The Hall–Kier alpha value is -1.30. The van der Waals surface area contributed by atoms with Gasteiger partial charge in [0, 0.05) is 22.3 Å². The van der Waals surface area contributed by atoms with Gasteiger partial charge in [-0.15, -0.1) is 0 Å². The number of carbonyl (C=O) groups excluding carboxylic acids is 1. The maximum Gasteiger partial charge on any atom is 0.305 e. The molecule has 0 saturated heterocycles. The summed E-state index contributed by atoms with van der Waals surface area (Å²) in [6, 6.07) is 2.17. The van der Waals surface area contributed by atoms with Crippen LogP contribution in [0, 0.1) is 0 Å². The van der Waals surface area contributed by atoms with Crippen LogP contribution in [-0.4, -0.2) is 27.1 Å². The molecule has 5 nitrogen and oxygen atoms in total. The molecule has 1 aliphatic rings. The summed E-state index contributed by atoms with van der Waals surface area (Å²) in [4.78, 5) is 23.0. The Morgan fingerprint density at radius 3 is 2.68 bits per heavy atom. The Kier molecular flexibility index (Phi) is 3.71. The highest BCUT2D eigenvalue weighted by atomic mass is 79.9. The molecule has 0 bridgehead atoms. The second-order valence-electron chi connectivity index (χ2n) is 5.59. The van der Waals surface area contributed by atoms with Crippen LogP contribution in [0.15, 0.2) is 16.7 Å². The van der Waals surface area contributed by atoms with Crippen LogP contribution in [0.5, 0.6) is 0 Å². The number of aromatic nitrogens is 1. The standard InChI is InChI=1S/C13H17BrN2O3/c1-13(2,6-11(17)18)15-12(19)10-5-8(14)7-16(10)9-3-4-9/h5,7,9H,3-4,6H2,1-2H3,(H,15,19)(H,17,18). The van der Waals surface area contributed by atoms with Gasteiger partial charge in [-0.3, -0.25) is 9.59 Å². The molecule has 0 unspecified atom stereocenters. The second kappa shape index (κ2) is 5.00. The number of carbonyl (C=O) groups is 2. The Morgan fingerprint density at radius 2 is 2.16 bits per heavy atom. The van der Waals surface area contributed by atoms with Gasteiger partial charge in [0.05, 0.1) is 6.42 Å². The minimum Gasteiger partial charge on any atom is -0.481 e. The number of hydrogen-bond donors (Lipinski definition) is 2. The predicted molar refractivity (Wildman–Crippen MR) is 74.2 cm³/mol. The third-order valence-electron chi connectivity index (χ3n) is 3.03. The van der Waals surface area contributed by atoms with E-state index in [1.165, 1.54) is 0 Å². The molecule has 2 rings (SSSR count). The molecule has 1 aliphatic carbocycles. The van der Waals surface area contributed by atoms with Crippen molar-refractivity contribution in [3.63, 3.8) is 0 Å². The molecule has 0 atom stereocenters. The van der Waals surface area contributed by atoms with E-state index in [1.807, 2.05) is 10.8 Å². The highest BCUT2D eigenvalue weighted by Gasteiger charge is 2.30. The molecule has 19 heavy (non-hydrogen) atoms. The fourth-order valence-electron chi connectivity index (χ4n) is 2.08. The maximum absolute atomic E-state index is 12.3. The van der Waals surface area contributed by atoms with Crippen molar-refractivity contribution in [3.05, 3.63) is 22.4 Å². The Balaban J connectivity index is 2.13. The van der Waals surface area contributed by atoms with E-state index in [4.69, 9.17) is 5.11 Å². The van der Waals surface area contributed by atoms with Crippen LogP contribution >= 0.6 is 15.9 Å².